The summed E-state index contributed by atoms with van der Waals surface area (Å²) in [5.41, 5.74) is 1.22. The Kier molecular flexibility index (Phi) is 5.87. The molecule has 2 aromatic heterocycles. The standard InChI is InChI=1S/C24H23N5O3S/c30-21(13-19-16-5-1-2-6-17(16)23(32)28-27-19)25-14-22(31)29-11-9-15(10-12-29)24-26-18-7-3-4-8-20(18)33-24/h1-8,15H,9-14H2,(H,25,30)(H,28,32). The highest BCUT2D eigenvalue weighted by molar-refractivity contribution is 7.18. The van der Waals surface area contributed by atoms with E-state index in [4.69, 9.17) is 4.98 Å². The molecule has 0 bridgehead atoms. The maximum atomic E-state index is 12.6. The zero-order chi connectivity index (χ0) is 22.8. The van der Waals surface area contributed by atoms with Gasteiger partial charge in [-0.1, -0.05) is 30.3 Å². The van der Waals surface area contributed by atoms with Gasteiger partial charge in [-0.3, -0.25) is 14.4 Å². The van der Waals surface area contributed by atoms with Crippen molar-refractivity contribution in [1.82, 2.24) is 25.4 Å². The maximum absolute atomic E-state index is 12.6. The predicted octanol–water partition coefficient (Wildman–Crippen LogP) is 2.60. The molecule has 9 heteroatoms. The van der Waals surface area contributed by atoms with Gasteiger partial charge in [0.25, 0.3) is 5.56 Å². The van der Waals surface area contributed by atoms with Crippen molar-refractivity contribution < 1.29 is 9.59 Å². The van der Waals surface area contributed by atoms with E-state index in [-0.39, 0.29) is 30.3 Å². The van der Waals surface area contributed by atoms with Gasteiger partial charge in [0.1, 0.15) is 0 Å². The van der Waals surface area contributed by atoms with Crippen LogP contribution in [0.1, 0.15) is 29.5 Å². The summed E-state index contributed by atoms with van der Waals surface area (Å²) < 4.78 is 1.19. The van der Waals surface area contributed by atoms with Crippen molar-refractivity contribution in [1.29, 1.82) is 0 Å². The molecule has 1 fully saturated rings. The number of aromatic nitrogens is 3. The predicted molar refractivity (Wildman–Crippen MR) is 127 cm³/mol. The number of carbonyl (C=O) groups is 2. The van der Waals surface area contributed by atoms with E-state index in [0.717, 1.165) is 23.4 Å². The van der Waals surface area contributed by atoms with Gasteiger partial charge >= 0.3 is 0 Å². The number of H-pyrrole nitrogens is 1. The van der Waals surface area contributed by atoms with E-state index >= 15 is 0 Å². The Morgan fingerprint density at radius 3 is 2.58 bits per heavy atom. The van der Waals surface area contributed by atoms with Gasteiger partial charge in [0, 0.05) is 24.4 Å². The lowest BCUT2D eigenvalue weighted by Crippen LogP contribution is -2.44. The molecule has 33 heavy (non-hydrogen) atoms. The zero-order valence-corrected chi connectivity index (χ0v) is 18.7. The first kappa shape index (κ1) is 21.3. The lowest BCUT2D eigenvalue weighted by Gasteiger charge is -2.31. The number of nitrogens with one attached hydrogen (secondary N) is 2. The van der Waals surface area contributed by atoms with E-state index in [1.165, 1.54) is 4.70 Å². The van der Waals surface area contributed by atoms with Crippen LogP contribution in [0.3, 0.4) is 0 Å². The number of para-hydroxylation sites is 1. The van der Waals surface area contributed by atoms with E-state index in [2.05, 4.69) is 21.6 Å². The smallest absolute Gasteiger partial charge is 0.272 e. The molecule has 2 N–H and O–H groups in total. The third kappa shape index (κ3) is 4.49. The van der Waals surface area contributed by atoms with Gasteiger partial charge in [0.05, 0.1) is 39.3 Å². The number of rotatable bonds is 5. The normalized spacial score (nSPS) is 14.6. The molecular weight excluding hydrogens is 438 g/mol. The van der Waals surface area contributed by atoms with Crippen molar-refractivity contribution >= 4 is 44.1 Å². The Bertz CT molecular complexity index is 1350. The Labute approximate surface area is 193 Å². The molecule has 1 saturated heterocycles. The van der Waals surface area contributed by atoms with Gasteiger partial charge in [-0.25, -0.2) is 10.1 Å². The van der Waals surface area contributed by atoms with Crippen molar-refractivity contribution in [2.45, 2.75) is 25.2 Å². The summed E-state index contributed by atoms with van der Waals surface area (Å²) in [5, 5.41) is 11.4. The quantitative estimate of drug-likeness (QED) is 0.475. The van der Waals surface area contributed by atoms with Crippen LogP contribution < -0.4 is 10.9 Å². The molecule has 0 unspecified atom stereocenters. The van der Waals surface area contributed by atoms with Gasteiger partial charge in [-0.05, 0) is 31.0 Å². The van der Waals surface area contributed by atoms with Crippen molar-refractivity contribution in [3.63, 3.8) is 0 Å². The second kappa shape index (κ2) is 9.11. The van der Waals surface area contributed by atoms with Crippen molar-refractivity contribution in [3.05, 3.63) is 69.6 Å². The molecule has 0 spiro atoms. The largest absolute Gasteiger partial charge is 0.347 e. The van der Waals surface area contributed by atoms with E-state index in [1.807, 2.05) is 18.2 Å². The number of piperidine rings is 1. The second-order valence-electron chi connectivity index (χ2n) is 8.17. The minimum Gasteiger partial charge on any atom is -0.347 e. The molecule has 2 amide bonds. The van der Waals surface area contributed by atoms with Crippen molar-refractivity contribution in [3.8, 4) is 0 Å². The highest BCUT2D eigenvalue weighted by atomic mass is 32.1. The van der Waals surface area contributed by atoms with Gasteiger partial charge in [0.15, 0.2) is 0 Å². The Morgan fingerprint density at radius 2 is 1.79 bits per heavy atom. The van der Waals surface area contributed by atoms with Crippen LogP contribution in [0.15, 0.2) is 53.3 Å². The molecule has 2 aromatic carbocycles. The average Bonchev–Trinajstić information content (AvgIpc) is 3.29. The number of thiazole rings is 1. The van der Waals surface area contributed by atoms with Crippen LogP contribution >= 0.6 is 11.3 Å². The molecule has 0 saturated carbocycles. The van der Waals surface area contributed by atoms with Crippen LogP contribution in [0, 0.1) is 0 Å². The zero-order valence-electron chi connectivity index (χ0n) is 17.9. The number of nitrogens with zero attached hydrogens (tertiary/aromatic N) is 3. The summed E-state index contributed by atoms with van der Waals surface area (Å²) in [7, 11) is 0. The first-order valence-electron chi connectivity index (χ1n) is 10.9. The maximum Gasteiger partial charge on any atom is 0.272 e. The number of likely N-dealkylation sites (tertiary alicyclic amines) is 1. The summed E-state index contributed by atoms with van der Waals surface area (Å²) in [6.07, 6.45) is 1.73. The van der Waals surface area contributed by atoms with E-state index < -0.39 is 0 Å². The highest BCUT2D eigenvalue weighted by Gasteiger charge is 2.26. The lowest BCUT2D eigenvalue weighted by atomic mass is 9.97. The summed E-state index contributed by atoms with van der Waals surface area (Å²) >= 11 is 1.73. The monoisotopic (exact) mass is 461 g/mol. The first-order valence-corrected chi connectivity index (χ1v) is 11.8. The molecule has 4 aromatic rings. The Hall–Kier alpha value is -3.59. The topological polar surface area (TPSA) is 108 Å². The fourth-order valence-electron chi connectivity index (χ4n) is 4.25. The summed E-state index contributed by atoms with van der Waals surface area (Å²) in [5.74, 6) is -0.0385. The summed E-state index contributed by atoms with van der Waals surface area (Å²) in [4.78, 5) is 43.5. The second-order valence-corrected chi connectivity index (χ2v) is 9.24. The van der Waals surface area contributed by atoms with Crippen LogP contribution in [0.4, 0.5) is 0 Å². The van der Waals surface area contributed by atoms with Crippen LogP contribution in [-0.4, -0.2) is 51.5 Å². The van der Waals surface area contributed by atoms with Crippen LogP contribution in [0.2, 0.25) is 0 Å². The summed E-state index contributed by atoms with van der Waals surface area (Å²) in [6, 6.07) is 15.2. The molecule has 168 valence electrons. The Morgan fingerprint density at radius 1 is 1.06 bits per heavy atom. The number of amides is 2. The molecule has 0 atom stereocenters. The third-order valence-electron chi connectivity index (χ3n) is 6.05. The first-order chi connectivity index (χ1) is 16.1. The van der Waals surface area contributed by atoms with Gasteiger partial charge in [0.2, 0.25) is 11.8 Å². The van der Waals surface area contributed by atoms with Crippen molar-refractivity contribution in [2.24, 2.45) is 0 Å². The summed E-state index contributed by atoms with van der Waals surface area (Å²) in [6.45, 7) is 1.26. The number of carbonyl (C=O) groups excluding carboxylic acids is 2. The molecule has 1 aliphatic rings. The fourth-order valence-corrected chi connectivity index (χ4v) is 5.38. The average molecular weight is 462 g/mol. The van der Waals surface area contributed by atoms with E-state index in [9.17, 15) is 14.4 Å². The third-order valence-corrected chi connectivity index (χ3v) is 7.25. The van der Waals surface area contributed by atoms with Gasteiger partial charge in [-0.15, -0.1) is 11.3 Å². The number of hydrogen-bond donors (Lipinski definition) is 2. The van der Waals surface area contributed by atoms with Gasteiger partial charge in [-0.2, -0.15) is 5.10 Å². The number of benzene rings is 2. The molecule has 8 nitrogen and oxygen atoms in total. The molecular formula is C24H23N5O3S. The SMILES string of the molecule is O=C(Cc1n[nH]c(=O)c2ccccc12)NCC(=O)N1CCC(c2nc3ccccc3s2)CC1. The highest BCUT2D eigenvalue weighted by Crippen LogP contribution is 2.33. The van der Waals surface area contributed by atoms with Crippen LogP contribution in [0.25, 0.3) is 21.0 Å². The molecule has 0 radical (unpaired) electrons. The van der Waals surface area contributed by atoms with Gasteiger partial charge < -0.3 is 10.2 Å². The van der Waals surface area contributed by atoms with E-state index in [0.29, 0.717) is 35.5 Å². The molecule has 0 aliphatic carbocycles. The Balaban J connectivity index is 1.14. The number of hydrogen-bond acceptors (Lipinski definition) is 6. The number of aromatic amines is 1. The molecule has 3 heterocycles. The van der Waals surface area contributed by atoms with Crippen LogP contribution in [0.5, 0.6) is 0 Å². The van der Waals surface area contributed by atoms with E-state index in [1.54, 1.807) is 40.5 Å². The number of fused-ring (bicyclic) bond motifs is 2. The lowest BCUT2D eigenvalue weighted by molar-refractivity contribution is -0.133. The van der Waals surface area contributed by atoms with Crippen LogP contribution in [-0.2, 0) is 16.0 Å². The van der Waals surface area contributed by atoms with Crippen molar-refractivity contribution in [2.75, 3.05) is 19.6 Å². The molecule has 1 aliphatic heterocycles. The minimum absolute atomic E-state index is 0.00967. The fraction of sp³-hybridized carbons (Fsp3) is 0.292. The minimum atomic E-state index is -0.308. The molecule has 5 rings (SSSR count).